The van der Waals surface area contributed by atoms with Crippen molar-refractivity contribution in [2.24, 2.45) is 14.1 Å². The highest BCUT2D eigenvalue weighted by atomic mass is 32.2. The van der Waals surface area contributed by atoms with Gasteiger partial charge in [0.15, 0.2) is 15.6 Å². The Kier molecular flexibility index (Phi) is 11.5. The minimum atomic E-state index is -3.42. The number of allylic oxidation sites excluding steroid dienone is 1. The Bertz CT molecular complexity index is 2390. The van der Waals surface area contributed by atoms with Gasteiger partial charge in [0.05, 0.1) is 11.4 Å². The zero-order chi connectivity index (χ0) is 36.1. The highest BCUT2D eigenvalue weighted by Crippen LogP contribution is 2.39. The minimum Gasteiger partial charge on any atom is -0.343 e. The van der Waals surface area contributed by atoms with Crippen molar-refractivity contribution in [2.45, 2.75) is 109 Å². The molecule has 0 saturated heterocycles. The molecular weight excluding hydrogens is 653 g/mol. The fourth-order valence-corrected chi connectivity index (χ4v) is 9.59. The van der Waals surface area contributed by atoms with Crippen LogP contribution in [0.5, 0.6) is 0 Å². The van der Waals surface area contributed by atoms with Gasteiger partial charge in [0.1, 0.15) is 16.5 Å². The van der Waals surface area contributed by atoms with Gasteiger partial charge in [-0.05, 0) is 69.4 Å². The molecule has 0 aliphatic rings. The molecule has 6 nitrogen and oxygen atoms in total. The lowest BCUT2D eigenvalue weighted by Gasteiger charge is -2.10. The van der Waals surface area contributed by atoms with Crippen LogP contribution in [0, 0.1) is 0 Å². The Hall–Kier alpha value is -4.19. The molecule has 2 heterocycles. The van der Waals surface area contributed by atoms with Crippen LogP contribution in [0.25, 0.3) is 59.7 Å². The third-order valence-electron chi connectivity index (χ3n) is 10.9. The molecule has 0 atom stereocenters. The van der Waals surface area contributed by atoms with E-state index in [2.05, 4.69) is 56.3 Å². The predicted octanol–water partition coefficient (Wildman–Crippen LogP) is 11.2. The second-order valence-corrected chi connectivity index (χ2v) is 16.5. The molecule has 0 fully saturated rings. The van der Waals surface area contributed by atoms with Crippen molar-refractivity contribution in [3.05, 3.63) is 66.4 Å². The first-order chi connectivity index (χ1) is 24.7. The van der Waals surface area contributed by atoms with E-state index < -0.39 is 9.84 Å². The fraction of sp³-hybridized carbons (Fsp3) is 0.432. The SMILES string of the molecule is CCCCCCCCCC(=O)C(=C=O)c1cc2c3ccc4c(ccc5c4ccc4c5cc(S(=O)(=O)CCCCCCCC)n4C)c3ccc2n1C. The number of carbonyl (C=O) groups excluding carboxylic acids is 2. The summed E-state index contributed by atoms with van der Waals surface area (Å²) in [5, 5.41) is 8.73. The summed E-state index contributed by atoms with van der Waals surface area (Å²) in [7, 11) is 0.340. The normalized spacial score (nSPS) is 12.2. The quantitative estimate of drug-likeness (QED) is 0.0386. The van der Waals surface area contributed by atoms with Crippen LogP contribution in [0.2, 0.25) is 0 Å². The number of carbonyl (C=O) groups is 1. The molecule has 0 amide bonds. The zero-order valence-electron chi connectivity index (χ0n) is 30.8. The Morgan fingerprint density at radius 1 is 0.569 bits per heavy atom. The smallest absolute Gasteiger partial charge is 0.193 e. The number of Topliss-reactive ketones (excluding diaryl/α,β-unsaturated/α-hetero) is 1. The molecule has 6 aromatic rings. The average molecular weight is 705 g/mol. The largest absolute Gasteiger partial charge is 0.343 e. The molecule has 0 bridgehead atoms. The first-order valence-electron chi connectivity index (χ1n) is 19.1. The monoisotopic (exact) mass is 704 g/mol. The van der Waals surface area contributed by atoms with Crippen LogP contribution in [0.1, 0.15) is 109 Å². The topological polar surface area (TPSA) is 78.1 Å². The summed E-state index contributed by atoms with van der Waals surface area (Å²) in [6.07, 6.45) is 14.4. The molecule has 0 N–H and O–H groups in total. The molecule has 6 rings (SSSR count). The summed E-state index contributed by atoms with van der Waals surface area (Å²) in [6, 6.07) is 20.7. The molecule has 0 unspecified atom stereocenters. The maximum atomic E-state index is 13.5. The number of benzene rings is 4. The molecule has 7 heteroatoms. The Labute approximate surface area is 302 Å². The second kappa shape index (κ2) is 16.0. The molecular formula is C44H52N2O4S. The third kappa shape index (κ3) is 7.29. The molecule has 4 aromatic carbocycles. The number of rotatable bonds is 18. The number of hydrogen-bond acceptors (Lipinski definition) is 4. The Morgan fingerprint density at radius 2 is 1.00 bits per heavy atom. The van der Waals surface area contributed by atoms with E-state index in [0.29, 0.717) is 23.6 Å². The minimum absolute atomic E-state index is 0.125. The van der Waals surface area contributed by atoms with Crippen LogP contribution in [0.15, 0.2) is 65.7 Å². The molecule has 0 saturated carbocycles. The number of aryl methyl sites for hydroxylation is 2. The summed E-state index contributed by atoms with van der Waals surface area (Å²) in [6.45, 7) is 4.39. The number of hydrogen-bond donors (Lipinski definition) is 0. The van der Waals surface area contributed by atoms with Gasteiger partial charge in [-0.3, -0.25) is 4.79 Å². The molecule has 0 aliphatic heterocycles. The maximum absolute atomic E-state index is 13.5. The number of unbranched alkanes of at least 4 members (excludes halogenated alkanes) is 11. The number of sulfone groups is 1. The first-order valence-corrected chi connectivity index (χ1v) is 20.7. The van der Waals surface area contributed by atoms with E-state index in [0.717, 1.165) is 92.6 Å². The molecule has 51 heavy (non-hydrogen) atoms. The van der Waals surface area contributed by atoms with Crippen molar-refractivity contribution < 1.29 is 18.0 Å². The van der Waals surface area contributed by atoms with Crippen LogP contribution in [-0.4, -0.2) is 35.0 Å². The van der Waals surface area contributed by atoms with E-state index >= 15 is 0 Å². The lowest BCUT2D eigenvalue weighted by molar-refractivity contribution is -0.113. The van der Waals surface area contributed by atoms with Gasteiger partial charge in [-0.25, -0.2) is 13.2 Å². The summed E-state index contributed by atoms with van der Waals surface area (Å²) in [4.78, 5) is 25.4. The van der Waals surface area contributed by atoms with Gasteiger partial charge >= 0.3 is 0 Å². The Morgan fingerprint density at radius 3 is 1.53 bits per heavy atom. The van der Waals surface area contributed by atoms with E-state index in [9.17, 15) is 18.0 Å². The maximum Gasteiger partial charge on any atom is 0.193 e. The molecule has 0 aliphatic carbocycles. The van der Waals surface area contributed by atoms with Crippen molar-refractivity contribution in [1.29, 1.82) is 0 Å². The van der Waals surface area contributed by atoms with Gasteiger partial charge in [-0.1, -0.05) is 121 Å². The standard InChI is InChI=1S/C44H52N2O4S/c1-5-7-9-11-13-14-16-18-43(48)39(30-47)42-28-37-35-21-19-32-31(33(35)23-25-40(37)45(42)3)20-22-36-34(32)24-26-41-38(36)29-44(46(41)4)51(49,50)27-17-15-12-10-8-6-2/h19-26,28-29H,5-18,27H2,1-4H3. The van der Waals surface area contributed by atoms with Crippen LogP contribution in [0.3, 0.4) is 0 Å². The van der Waals surface area contributed by atoms with Gasteiger partial charge in [0, 0.05) is 42.3 Å². The second-order valence-electron chi connectivity index (χ2n) is 14.4. The first kappa shape index (κ1) is 36.6. The summed E-state index contributed by atoms with van der Waals surface area (Å²) < 4.78 is 30.7. The van der Waals surface area contributed by atoms with E-state index in [1.807, 2.05) is 47.4 Å². The van der Waals surface area contributed by atoms with Gasteiger partial charge in [-0.2, -0.15) is 0 Å². The molecule has 2 aromatic heterocycles. The van der Waals surface area contributed by atoms with Gasteiger partial charge < -0.3 is 9.13 Å². The third-order valence-corrected chi connectivity index (χ3v) is 12.8. The van der Waals surface area contributed by atoms with Crippen molar-refractivity contribution in [2.75, 3.05) is 5.75 Å². The van der Waals surface area contributed by atoms with Gasteiger partial charge in [0.2, 0.25) is 0 Å². The fourth-order valence-electron chi connectivity index (χ4n) is 7.99. The van der Waals surface area contributed by atoms with E-state index in [-0.39, 0.29) is 17.1 Å². The summed E-state index contributed by atoms with van der Waals surface area (Å²) in [5.74, 6) is 2.02. The summed E-state index contributed by atoms with van der Waals surface area (Å²) >= 11 is 0. The summed E-state index contributed by atoms with van der Waals surface area (Å²) in [5.41, 5.74) is 2.59. The molecule has 268 valence electrons. The van der Waals surface area contributed by atoms with Crippen molar-refractivity contribution in [1.82, 2.24) is 9.13 Å². The lowest BCUT2D eigenvalue weighted by atomic mass is 9.94. The number of ketones is 1. The molecule has 0 spiro atoms. The van der Waals surface area contributed by atoms with Crippen LogP contribution in [0.4, 0.5) is 0 Å². The van der Waals surface area contributed by atoms with E-state index in [4.69, 9.17) is 0 Å². The van der Waals surface area contributed by atoms with Crippen molar-refractivity contribution in [3.8, 4) is 0 Å². The van der Waals surface area contributed by atoms with Gasteiger partial charge in [0.25, 0.3) is 0 Å². The zero-order valence-corrected chi connectivity index (χ0v) is 31.6. The van der Waals surface area contributed by atoms with Gasteiger partial charge in [-0.15, -0.1) is 0 Å². The highest BCUT2D eigenvalue weighted by Gasteiger charge is 2.22. The van der Waals surface area contributed by atoms with Crippen LogP contribution >= 0.6 is 0 Å². The van der Waals surface area contributed by atoms with Crippen LogP contribution < -0.4 is 0 Å². The van der Waals surface area contributed by atoms with Crippen LogP contribution in [-0.2, 0) is 33.5 Å². The highest BCUT2D eigenvalue weighted by molar-refractivity contribution is 7.91. The Balaban J connectivity index is 1.31. The average Bonchev–Trinajstić information content (AvgIpc) is 3.66. The predicted molar refractivity (Wildman–Crippen MR) is 214 cm³/mol. The number of fused-ring (bicyclic) bond motifs is 9. The van der Waals surface area contributed by atoms with E-state index in [1.54, 1.807) is 0 Å². The lowest BCUT2D eigenvalue weighted by Crippen LogP contribution is -2.11. The van der Waals surface area contributed by atoms with Crippen molar-refractivity contribution >= 4 is 81.3 Å². The number of nitrogens with zero attached hydrogens (tertiary/aromatic N) is 2. The van der Waals surface area contributed by atoms with Crippen molar-refractivity contribution in [3.63, 3.8) is 0 Å². The number of aromatic nitrogens is 2. The molecule has 0 radical (unpaired) electrons. The van der Waals surface area contributed by atoms with E-state index in [1.165, 1.54) is 38.5 Å².